The van der Waals surface area contributed by atoms with Gasteiger partial charge < -0.3 is 23.8 Å². The molecule has 8 heteroatoms. The van der Waals surface area contributed by atoms with Gasteiger partial charge in [-0.1, -0.05) is 17.3 Å². The normalized spacial score (nSPS) is 10.4. The van der Waals surface area contributed by atoms with E-state index >= 15 is 0 Å². The first-order chi connectivity index (χ1) is 13.1. The minimum Gasteiger partial charge on any atom is -0.507 e. The maximum atomic E-state index is 12.2. The van der Waals surface area contributed by atoms with Gasteiger partial charge in [-0.3, -0.25) is 0 Å². The van der Waals surface area contributed by atoms with Gasteiger partial charge in [-0.25, -0.2) is 4.79 Å². The number of methoxy groups -OCH3 is 1. The Hall–Kier alpha value is -3.55. The molecule has 1 N–H and O–H groups in total. The number of carbonyl (C=O) groups is 1. The molecule has 0 unspecified atom stereocenters. The summed E-state index contributed by atoms with van der Waals surface area (Å²) in [6, 6.07) is 11.6. The van der Waals surface area contributed by atoms with E-state index in [9.17, 15) is 9.90 Å². The molecule has 1 heterocycles. The van der Waals surface area contributed by atoms with Crippen molar-refractivity contribution in [3.8, 4) is 28.6 Å². The molecular formula is C19H18N2O6. The molecule has 2 aromatic carbocycles. The van der Waals surface area contributed by atoms with E-state index in [0.29, 0.717) is 29.5 Å². The van der Waals surface area contributed by atoms with Crippen LogP contribution in [0.1, 0.15) is 23.2 Å². The van der Waals surface area contributed by atoms with E-state index < -0.39 is 5.97 Å². The van der Waals surface area contributed by atoms with Crippen molar-refractivity contribution in [3.05, 3.63) is 53.9 Å². The number of esters is 1. The molecule has 0 radical (unpaired) electrons. The van der Waals surface area contributed by atoms with Gasteiger partial charge >= 0.3 is 5.97 Å². The highest BCUT2D eigenvalue weighted by molar-refractivity contribution is 5.92. The lowest BCUT2D eigenvalue weighted by atomic mass is 10.2. The summed E-state index contributed by atoms with van der Waals surface area (Å²) in [5.41, 5.74) is 0.655. The second-order valence-electron chi connectivity index (χ2n) is 5.40. The molecule has 0 aliphatic carbocycles. The number of rotatable bonds is 7. The first-order valence-corrected chi connectivity index (χ1v) is 8.21. The van der Waals surface area contributed by atoms with Crippen LogP contribution < -0.4 is 9.47 Å². The molecule has 0 aliphatic heterocycles. The molecule has 3 aromatic rings. The van der Waals surface area contributed by atoms with Gasteiger partial charge in [0.05, 0.1) is 19.3 Å². The van der Waals surface area contributed by atoms with Crippen molar-refractivity contribution in [3.63, 3.8) is 0 Å². The number of phenolic OH excluding ortho intramolecular Hbond substituents is 1. The molecule has 140 valence electrons. The first-order valence-electron chi connectivity index (χ1n) is 8.21. The van der Waals surface area contributed by atoms with Crippen molar-refractivity contribution in [1.82, 2.24) is 10.1 Å². The van der Waals surface area contributed by atoms with E-state index in [1.54, 1.807) is 12.1 Å². The van der Waals surface area contributed by atoms with Crippen LogP contribution in [0.5, 0.6) is 17.2 Å². The lowest BCUT2D eigenvalue weighted by Crippen LogP contribution is -2.06. The van der Waals surface area contributed by atoms with Gasteiger partial charge in [0.15, 0.2) is 6.61 Å². The van der Waals surface area contributed by atoms with E-state index in [1.807, 2.05) is 19.1 Å². The zero-order valence-electron chi connectivity index (χ0n) is 14.8. The lowest BCUT2D eigenvalue weighted by Gasteiger charge is -2.06. The smallest absolute Gasteiger partial charge is 0.342 e. The zero-order valence-corrected chi connectivity index (χ0v) is 14.8. The van der Waals surface area contributed by atoms with E-state index in [-0.39, 0.29) is 23.8 Å². The third-order valence-corrected chi connectivity index (χ3v) is 3.65. The van der Waals surface area contributed by atoms with Crippen LogP contribution >= 0.6 is 0 Å². The zero-order chi connectivity index (χ0) is 19.2. The Balaban J connectivity index is 1.71. The predicted octanol–water partition coefficient (Wildman–Crippen LogP) is 3.21. The number of aromatic nitrogens is 2. The number of para-hydroxylation sites is 1. The summed E-state index contributed by atoms with van der Waals surface area (Å²) in [4.78, 5) is 16.4. The van der Waals surface area contributed by atoms with Crippen LogP contribution in [-0.4, -0.2) is 34.9 Å². The number of hydrogen-bond acceptors (Lipinski definition) is 8. The molecule has 0 aliphatic rings. The van der Waals surface area contributed by atoms with Gasteiger partial charge in [0.25, 0.3) is 5.89 Å². The highest BCUT2D eigenvalue weighted by Gasteiger charge is 2.17. The van der Waals surface area contributed by atoms with Crippen molar-refractivity contribution < 1.29 is 28.6 Å². The monoisotopic (exact) mass is 370 g/mol. The summed E-state index contributed by atoms with van der Waals surface area (Å²) in [7, 11) is 1.46. The number of hydrogen-bond donors (Lipinski definition) is 1. The number of phenols is 1. The Kier molecular flexibility index (Phi) is 5.55. The number of carbonyl (C=O) groups excluding carboxylic acids is 1. The average molecular weight is 370 g/mol. The highest BCUT2D eigenvalue weighted by atomic mass is 16.6. The number of ether oxygens (including phenoxy) is 3. The summed E-state index contributed by atoms with van der Waals surface area (Å²) in [6.07, 6.45) is 0. The quantitative estimate of drug-likeness (QED) is 0.632. The van der Waals surface area contributed by atoms with Gasteiger partial charge in [-0.15, -0.1) is 0 Å². The van der Waals surface area contributed by atoms with Gasteiger partial charge in [-0.05, 0) is 37.3 Å². The topological polar surface area (TPSA) is 104 Å². The summed E-state index contributed by atoms with van der Waals surface area (Å²) in [6.45, 7) is 2.15. The maximum Gasteiger partial charge on any atom is 0.342 e. The minimum atomic E-state index is -0.735. The summed E-state index contributed by atoms with van der Waals surface area (Å²) in [5.74, 6) is 0.554. The molecule has 0 atom stereocenters. The highest BCUT2D eigenvalue weighted by Crippen LogP contribution is 2.28. The second-order valence-corrected chi connectivity index (χ2v) is 5.40. The molecule has 1 aromatic heterocycles. The fourth-order valence-corrected chi connectivity index (χ4v) is 2.37. The van der Waals surface area contributed by atoms with Crippen molar-refractivity contribution in [2.24, 2.45) is 0 Å². The van der Waals surface area contributed by atoms with Crippen molar-refractivity contribution in [2.45, 2.75) is 13.5 Å². The molecule has 3 rings (SSSR count). The molecule has 27 heavy (non-hydrogen) atoms. The molecule has 0 bridgehead atoms. The van der Waals surface area contributed by atoms with Crippen LogP contribution in [0.2, 0.25) is 0 Å². The summed E-state index contributed by atoms with van der Waals surface area (Å²) in [5, 5.41) is 13.7. The van der Waals surface area contributed by atoms with Crippen LogP contribution in [0.3, 0.4) is 0 Å². The van der Waals surface area contributed by atoms with E-state index in [0.717, 1.165) is 0 Å². The third kappa shape index (κ3) is 4.17. The Bertz CT molecular complexity index is 937. The third-order valence-electron chi connectivity index (χ3n) is 3.65. The number of benzene rings is 2. The molecule has 0 fully saturated rings. The fourth-order valence-electron chi connectivity index (χ4n) is 2.37. The fraction of sp³-hybridized carbons (Fsp3) is 0.211. The van der Waals surface area contributed by atoms with E-state index in [1.165, 1.54) is 25.3 Å². The van der Waals surface area contributed by atoms with Crippen LogP contribution in [-0.2, 0) is 11.3 Å². The average Bonchev–Trinajstić information content (AvgIpc) is 3.16. The van der Waals surface area contributed by atoms with E-state index in [4.69, 9.17) is 18.7 Å². The largest absolute Gasteiger partial charge is 0.507 e. The standard InChI is InChI=1S/C19H18N2O6/c1-3-25-16-7-5-4-6-13(16)18-20-17(27-21-18)11-26-19(23)14-10-12(24-2)8-9-15(14)22/h4-10,22H,3,11H2,1-2H3. The maximum absolute atomic E-state index is 12.2. The Morgan fingerprint density at radius 2 is 2.04 bits per heavy atom. The SMILES string of the molecule is CCOc1ccccc1-c1noc(COC(=O)c2cc(OC)ccc2O)n1. The van der Waals surface area contributed by atoms with Crippen LogP contribution in [0.25, 0.3) is 11.4 Å². The Morgan fingerprint density at radius 3 is 2.81 bits per heavy atom. The molecule has 0 spiro atoms. The van der Waals surface area contributed by atoms with Gasteiger partial charge in [0.1, 0.15) is 22.8 Å². The van der Waals surface area contributed by atoms with Crippen molar-refractivity contribution in [1.29, 1.82) is 0 Å². The minimum absolute atomic E-state index is 0.0178. The number of aromatic hydroxyl groups is 1. The van der Waals surface area contributed by atoms with Crippen molar-refractivity contribution >= 4 is 5.97 Å². The number of nitrogens with zero attached hydrogens (tertiary/aromatic N) is 2. The van der Waals surface area contributed by atoms with Crippen molar-refractivity contribution in [2.75, 3.05) is 13.7 Å². The second kappa shape index (κ2) is 8.22. The molecule has 0 saturated heterocycles. The molecule has 8 nitrogen and oxygen atoms in total. The van der Waals surface area contributed by atoms with Crippen LogP contribution in [0.15, 0.2) is 47.0 Å². The molecule has 0 amide bonds. The molecule has 0 saturated carbocycles. The molecular weight excluding hydrogens is 352 g/mol. The lowest BCUT2D eigenvalue weighted by molar-refractivity contribution is 0.0426. The first kappa shape index (κ1) is 18.2. The van der Waals surface area contributed by atoms with Crippen LogP contribution in [0, 0.1) is 0 Å². The van der Waals surface area contributed by atoms with Gasteiger partial charge in [0, 0.05) is 0 Å². The predicted molar refractivity (Wildman–Crippen MR) is 94.7 cm³/mol. The summed E-state index contributed by atoms with van der Waals surface area (Å²) < 4.78 is 20.9. The summed E-state index contributed by atoms with van der Waals surface area (Å²) >= 11 is 0. The van der Waals surface area contributed by atoms with Gasteiger partial charge in [-0.2, -0.15) is 4.98 Å². The van der Waals surface area contributed by atoms with E-state index in [2.05, 4.69) is 10.1 Å². The van der Waals surface area contributed by atoms with Crippen LogP contribution in [0.4, 0.5) is 0 Å². The Labute approximate surface area is 155 Å². The Morgan fingerprint density at radius 1 is 1.22 bits per heavy atom. The van der Waals surface area contributed by atoms with Gasteiger partial charge in [0.2, 0.25) is 5.82 Å².